The van der Waals surface area contributed by atoms with Crippen LogP contribution in [0.1, 0.15) is 23.5 Å². The van der Waals surface area contributed by atoms with Gasteiger partial charge in [0.05, 0.1) is 15.0 Å². The Bertz CT molecular complexity index is 1020. The standard InChI is InChI=1S/C19H24N2O4S2/c1-26(22,23)19-5-3-2-4-18(19)15-10-17(13-21-12-15)27(24,25)16-8-6-14(11-20)7-9-16/h2-9,15,17,21H,10-13,20H2,1H3. The summed E-state index contributed by atoms with van der Waals surface area (Å²) < 4.78 is 50.3. The summed E-state index contributed by atoms with van der Waals surface area (Å²) in [6.45, 7) is 1.25. The zero-order valence-corrected chi connectivity index (χ0v) is 16.8. The molecule has 2 aromatic carbocycles. The molecule has 1 heterocycles. The predicted octanol–water partition coefficient (Wildman–Crippen LogP) is 1.47. The summed E-state index contributed by atoms with van der Waals surface area (Å²) in [6, 6.07) is 13.4. The molecule has 2 atom stereocenters. The fraction of sp³-hybridized carbons (Fsp3) is 0.368. The second-order valence-corrected chi connectivity index (χ2v) is 11.1. The normalized spacial score (nSPS) is 21.1. The molecule has 2 unspecified atom stereocenters. The topological polar surface area (TPSA) is 106 Å². The van der Waals surface area contributed by atoms with Gasteiger partial charge in [-0.25, -0.2) is 16.8 Å². The van der Waals surface area contributed by atoms with Crippen LogP contribution in [0.3, 0.4) is 0 Å². The van der Waals surface area contributed by atoms with Crippen molar-refractivity contribution >= 4 is 19.7 Å². The molecular formula is C19H24N2O4S2. The van der Waals surface area contributed by atoms with Gasteiger partial charge in [0, 0.05) is 25.9 Å². The van der Waals surface area contributed by atoms with Crippen molar-refractivity contribution in [1.82, 2.24) is 5.32 Å². The summed E-state index contributed by atoms with van der Waals surface area (Å²) in [4.78, 5) is 0.533. The van der Waals surface area contributed by atoms with Crippen molar-refractivity contribution in [3.8, 4) is 0 Å². The first-order chi connectivity index (χ1) is 12.7. The lowest BCUT2D eigenvalue weighted by Crippen LogP contribution is -2.42. The molecule has 0 amide bonds. The van der Waals surface area contributed by atoms with Crippen LogP contribution in [0.5, 0.6) is 0 Å². The molecule has 0 aliphatic carbocycles. The smallest absolute Gasteiger partial charge is 0.182 e. The Balaban J connectivity index is 1.90. The average Bonchev–Trinajstić information content (AvgIpc) is 2.67. The van der Waals surface area contributed by atoms with Crippen LogP contribution in [0.2, 0.25) is 0 Å². The first kappa shape index (κ1) is 20.0. The number of nitrogens with one attached hydrogen (secondary N) is 1. The van der Waals surface area contributed by atoms with Gasteiger partial charge in [-0.2, -0.15) is 0 Å². The molecule has 8 heteroatoms. The van der Waals surface area contributed by atoms with Crippen LogP contribution in [0.4, 0.5) is 0 Å². The van der Waals surface area contributed by atoms with Crippen molar-refractivity contribution in [2.75, 3.05) is 19.3 Å². The van der Waals surface area contributed by atoms with Gasteiger partial charge in [0.2, 0.25) is 0 Å². The van der Waals surface area contributed by atoms with E-state index in [1.807, 2.05) is 0 Å². The second-order valence-electron chi connectivity index (χ2n) is 6.92. The van der Waals surface area contributed by atoms with Crippen LogP contribution in [0.25, 0.3) is 0 Å². The van der Waals surface area contributed by atoms with Gasteiger partial charge in [0.1, 0.15) is 0 Å². The minimum Gasteiger partial charge on any atom is -0.326 e. The summed E-state index contributed by atoms with van der Waals surface area (Å²) >= 11 is 0. The number of hydrogen-bond acceptors (Lipinski definition) is 6. The number of nitrogens with two attached hydrogens (primary N) is 1. The molecule has 1 saturated heterocycles. The van der Waals surface area contributed by atoms with Gasteiger partial charge in [0.25, 0.3) is 0 Å². The van der Waals surface area contributed by atoms with Crippen molar-refractivity contribution in [3.05, 3.63) is 59.7 Å². The molecule has 146 valence electrons. The Morgan fingerprint density at radius 2 is 1.67 bits per heavy atom. The molecule has 1 aliphatic heterocycles. The zero-order chi connectivity index (χ0) is 19.7. The Morgan fingerprint density at radius 3 is 2.30 bits per heavy atom. The third-order valence-electron chi connectivity index (χ3n) is 4.99. The van der Waals surface area contributed by atoms with Crippen molar-refractivity contribution in [1.29, 1.82) is 0 Å². The van der Waals surface area contributed by atoms with E-state index < -0.39 is 24.9 Å². The molecule has 2 aromatic rings. The largest absolute Gasteiger partial charge is 0.326 e. The van der Waals surface area contributed by atoms with E-state index in [4.69, 9.17) is 5.73 Å². The third kappa shape index (κ3) is 4.24. The molecule has 1 aliphatic rings. The minimum atomic E-state index is -3.53. The van der Waals surface area contributed by atoms with Gasteiger partial charge in [-0.05, 0) is 41.7 Å². The average molecular weight is 409 g/mol. The number of piperidine rings is 1. The van der Waals surface area contributed by atoms with Crippen molar-refractivity contribution < 1.29 is 16.8 Å². The SMILES string of the molecule is CS(=O)(=O)c1ccccc1C1CNCC(S(=O)(=O)c2ccc(CN)cc2)C1. The summed E-state index contributed by atoms with van der Waals surface area (Å²) in [7, 11) is -6.91. The minimum absolute atomic E-state index is 0.187. The molecule has 0 radical (unpaired) electrons. The van der Waals surface area contributed by atoms with Crippen molar-refractivity contribution in [2.45, 2.75) is 33.9 Å². The highest BCUT2D eigenvalue weighted by molar-refractivity contribution is 7.92. The molecule has 3 N–H and O–H groups in total. The molecule has 1 fully saturated rings. The fourth-order valence-corrected chi connectivity index (χ4v) is 6.25. The van der Waals surface area contributed by atoms with E-state index in [-0.39, 0.29) is 15.7 Å². The predicted molar refractivity (Wildman–Crippen MR) is 105 cm³/mol. The van der Waals surface area contributed by atoms with Crippen LogP contribution in [-0.2, 0) is 26.2 Å². The summed E-state index contributed by atoms with van der Waals surface area (Å²) in [5, 5.41) is 2.55. The molecule has 0 spiro atoms. The summed E-state index contributed by atoms with van der Waals surface area (Å²) in [5.74, 6) is -0.187. The maximum atomic E-state index is 13.1. The second kappa shape index (κ2) is 7.71. The highest BCUT2D eigenvalue weighted by Crippen LogP contribution is 2.32. The molecule has 0 saturated carbocycles. The Hall–Kier alpha value is -1.74. The Morgan fingerprint density at radius 1 is 1.00 bits per heavy atom. The quantitative estimate of drug-likeness (QED) is 0.776. The highest BCUT2D eigenvalue weighted by atomic mass is 32.2. The summed E-state index contributed by atoms with van der Waals surface area (Å²) in [6.07, 6.45) is 1.55. The Kier molecular flexibility index (Phi) is 5.71. The van der Waals surface area contributed by atoms with Crippen molar-refractivity contribution in [3.63, 3.8) is 0 Å². The van der Waals surface area contributed by atoms with Crippen LogP contribution in [0.15, 0.2) is 58.3 Å². The van der Waals surface area contributed by atoms with Gasteiger partial charge in [-0.15, -0.1) is 0 Å². The van der Waals surface area contributed by atoms with Crippen LogP contribution in [-0.4, -0.2) is 41.4 Å². The first-order valence-corrected chi connectivity index (χ1v) is 12.2. The maximum Gasteiger partial charge on any atom is 0.182 e. The third-order valence-corrected chi connectivity index (χ3v) is 8.33. The Labute approximate surface area is 160 Å². The number of benzene rings is 2. The number of rotatable bonds is 5. The van der Waals surface area contributed by atoms with Crippen LogP contribution in [0, 0.1) is 0 Å². The van der Waals surface area contributed by atoms with Gasteiger partial charge in [0.15, 0.2) is 19.7 Å². The van der Waals surface area contributed by atoms with E-state index in [1.54, 1.807) is 48.5 Å². The highest BCUT2D eigenvalue weighted by Gasteiger charge is 2.34. The van der Waals surface area contributed by atoms with Gasteiger partial charge >= 0.3 is 0 Å². The zero-order valence-electron chi connectivity index (χ0n) is 15.1. The molecule has 0 bridgehead atoms. The van der Waals surface area contributed by atoms with E-state index in [9.17, 15) is 16.8 Å². The van der Waals surface area contributed by atoms with E-state index in [0.29, 0.717) is 31.6 Å². The lowest BCUT2D eigenvalue weighted by molar-refractivity contribution is 0.447. The van der Waals surface area contributed by atoms with E-state index in [2.05, 4.69) is 5.32 Å². The maximum absolute atomic E-state index is 13.1. The lowest BCUT2D eigenvalue weighted by atomic mass is 9.91. The van der Waals surface area contributed by atoms with Gasteiger partial charge < -0.3 is 11.1 Å². The molecular weight excluding hydrogens is 384 g/mol. The number of sulfone groups is 2. The van der Waals surface area contributed by atoms with Crippen LogP contribution < -0.4 is 11.1 Å². The lowest BCUT2D eigenvalue weighted by Gasteiger charge is -2.31. The molecule has 0 aromatic heterocycles. The van der Waals surface area contributed by atoms with Gasteiger partial charge in [-0.3, -0.25) is 0 Å². The molecule has 27 heavy (non-hydrogen) atoms. The fourth-order valence-electron chi connectivity index (χ4n) is 3.54. The van der Waals surface area contributed by atoms with Crippen LogP contribution >= 0.6 is 0 Å². The van der Waals surface area contributed by atoms with E-state index in [0.717, 1.165) is 5.56 Å². The first-order valence-electron chi connectivity index (χ1n) is 8.76. The van der Waals surface area contributed by atoms with Crippen molar-refractivity contribution in [2.24, 2.45) is 5.73 Å². The van der Waals surface area contributed by atoms with E-state index >= 15 is 0 Å². The monoisotopic (exact) mass is 408 g/mol. The van der Waals surface area contributed by atoms with E-state index in [1.165, 1.54) is 6.26 Å². The number of hydrogen-bond donors (Lipinski definition) is 2. The molecule has 3 rings (SSSR count). The van der Waals surface area contributed by atoms with Gasteiger partial charge in [-0.1, -0.05) is 30.3 Å². The molecule has 6 nitrogen and oxygen atoms in total. The summed E-state index contributed by atoms with van der Waals surface area (Å²) in [5.41, 5.74) is 7.12.